The summed E-state index contributed by atoms with van der Waals surface area (Å²) in [5.74, 6) is 1.20. The molecule has 32 heavy (non-hydrogen) atoms. The molecule has 1 aliphatic heterocycles. The molecular formula is C25H49N3O4. The predicted octanol–water partition coefficient (Wildman–Crippen LogP) is 2.51. The van der Waals surface area contributed by atoms with Crippen LogP contribution in [0.2, 0.25) is 0 Å². The quantitative estimate of drug-likeness (QED) is 0.223. The topological polar surface area (TPSA) is 114 Å². The zero-order valence-corrected chi connectivity index (χ0v) is 20.6. The largest absolute Gasteiger partial charge is 0.481 e. The maximum atomic E-state index is 11.1. The minimum absolute atomic E-state index is 0.195. The van der Waals surface area contributed by atoms with E-state index in [4.69, 9.17) is 5.11 Å². The molecular weight excluding hydrogens is 406 g/mol. The van der Waals surface area contributed by atoms with E-state index in [-0.39, 0.29) is 18.6 Å². The molecule has 188 valence electrons. The molecule has 0 aromatic carbocycles. The lowest BCUT2D eigenvalue weighted by Crippen LogP contribution is -2.52. The van der Waals surface area contributed by atoms with Gasteiger partial charge in [-0.1, -0.05) is 32.6 Å². The van der Waals surface area contributed by atoms with Crippen LogP contribution < -0.4 is 16.0 Å². The Morgan fingerprint density at radius 2 is 1.91 bits per heavy atom. The molecule has 0 radical (unpaired) electrons. The number of aliphatic hydroxyl groups is 2. The van der Waals surface area contributed by atoms with Crippen molar-refractivity contribution in [3.8, 4) is 0 Å². The van der Waals surface area contributed by atoms with Crippen molar-refractivity contribution in [2.45, 2.75) is 108 Å². The Labute approximate surface area is 195 Å². The van der Waals surface area contributed by atoms with E-state index >= 15 is 0 Å². The first-order valence-corrected chi connectivity index (χ1v) is 13.0. The number of carboxylic acids is 1. The maximum absolute atomic E-state index is 11.1. The molecule has 2 aliphatic rings. The highest BCUT2D eigenvalue weighted by atomic mass is 16.4. The Kier molecular flexibility index (Phi) is 11.9. The van der Waals surface area contributed by atoms with E-state index < -0.39 is 11.6 Å². The van der Waals surface area contributed by atoms with E-state index in [1.54, 1.807) is 0 Å². The van der Waals surface area contributed by atoms with Crippen LogP contribution in [0.4, 0.5) is 0 Å². The summed E-state index contributed by atoms with van der Waals surface area (Å²) in [7, 11) is 2.05. The molecule has 6 N–H and O–H groups in total. The van der Waals surface area contributed by atoms with Crippen molar-refractivity contribution in [2.24, 2.45) is 17.8 Å². The van der Waals surface area contributed by atoms with Crippen LogP contribution in [0.25, 0.3) is 0 Å². The number of carbonyl (C=O) groups is 1. The average Bonchev–Trinajstić information content (AvgIpc) is 2.74. The van der Waals surface area contributed by atoms with Crippen LogP contribution in [0, 0.1) is 17.8 Å². The third-order valence-corrected chi connectivity index (χ3v) is 7.94. The van der Waals surface area contributed by atoms with Gasteiger partial charge in [-0.15, -0.1) is 0 Å². The molecule has 0 unspecified atom stereocenters. The summed E-state index contributed by atoms with van der Waals surface area (Å²) in [6.07, 6.45) is 10.2. The number of nitrogens with one attached hydrogen (secondary N) is 3. The van der Waals surface area contributed by atoms with Crippen molar-refractivity contribution in [2.75, 3.05) is 26.7 Å². The van der Waals surface area contributed by atoms with E-state index in [0.29, 0.717) is 30.8 Å². The highest BCUT2D eigenvalue weighted by molar-refractivity contribution is 5.68. The van der Waals surface area contributed by atoms with Crippen LogP contribution >= 0.6 is 0 Å². The minimum Gasteiger partial charge on any atom is -0.481 e. The third kappa shape index (κ3) is 8.90. The molecule has 0 aromatic heterocycles. The number of aliphatic hydroxyl groups excluding tert-OH is 1. The van der Waals surface area contributed by atoms with Gasteiger partial charge in [-0.3, -0.25) is 4.79 Å². The molecule has 7 nitrogen and oxygen atoms in total. The number of hydrogen-bond donors (Lipinski definition) is 6. The monoisotopic (exact) mass is 455 g/mol. The smallest absolute Gasteiger partial charge is 0.306 e. The van der Waals surface area contributed by atoms with Gasteiger partial charge in [0, 0.05) is 18.6 Å². The van der Waals surface area contributed by atoms with E-state index in [2.05, 4.69) is 22.9 Å². The second-order valence-corrected chi connectivity index (χ2v) is 10.5. The zero-order chi connectivity index (χ0) is 23.6. The van der Waals surface area contributed by atoms with Gasteiger partial charge in [0.05, 0.1) is 18.1 Å². The summed E-state index contributed by atoms with van der Waals surface area (Å²) in [6, 6.07) is 0.735. The van der Waals surface area contributed by atoms with Crippen LogP contribution in [-0.4, -0.2) is 71.8 Å². The van der Waals surface area contributed by atoms with Gasteiger partial charge >= 0.3 is 5.97 Å². The molecule has 0 spiro atoms. The first kappa shape index (κ1) is 27.5. The summed E-state index contributed by atoms with van der Waals surface area (Å²) in [5.41, 5.74) is -1.15. The number of likely N-dealkylation sites (N-methyl/N-ethyl adjacent to an activating group) is 1. The van der Waals surface area contributed by atoms with Crippen LogP contribution in [0.5, 0.6) is 0 Å². The van der Waals surface area contributed by atoms with E-state index in [9.17, 15) is 15.0 Å². The molecule has 2 fully saturated rings. The Morgan fingerprint density at radius 3 is 2.56 bits per heavy atom. The van der Waals surface area contributed by atoms with Gasteiger partial charge in [-0.05, 0) is 83.3 Å². The van der Waals surface area contributed by atoms with Crippen LogP contribution in [0.15, 0.2) is 0 Å². The fourth-order valence-corrected chi connectivity index (χ4v) is 6.04. The van der Waals surface area contributed by atoms with E-state index in [1.165, 1.54) is 25.7 Å². The van der Waals surface area contributed by atoms with Crippen molar-refractivity contribution >= 4 is 5.97 Å². The van der Waals surface area contributed by atoms with Gasteiger partial charge < -0.3 is 31.3 Å². The summed E-state index contributed by atoms with van der Waals surface area (Å²) in [6.45, 7) is 6.20. The van der Waals surface area contributed by atoms with Gasteiger partial charge in [0.2, 0.25) is 0 Å². The minimum atomic E-state index is -1.15. The van der Waals surface area contributed by atoms with Crippen molar-refractivity contribution in [3.63, 3.8) is 0 Å². The summed E-state index contributed by atoms with van der Waals surface area (Å²) < 4.78 is 0. The number of unbranched alkanes of at least 4 members (excludes halogenated alkanes) is 2. The molecule has 7 atom stereocenters. The summed E-state index contributed by atoms with van der Waals surface area (Å²) in [4.78, 5) is 11.1. The van der Waals surface area contributed by atoms with E-state index in [0.717, 1.165) is 51.1 Å². The Morgan fingerprint density at radius 1 is 1.12 bits per heavy atom. The SMILES string of the molecule is CCNC[C@@](O)(CCCCC[C@H]1CC[C@@H]([C@@H]2CC[C@@H](O)[C@H](C)N2)C[C@H]1CNC)CC(=O)O. The van der Waals surface area contributed by atoms with Gasteiger partial charge in [0.15, 0.2) is 0 Å². The second-order valence-electron chi connectivity index (χ2n) is 10.5. The number of rotatable bonds is 14. The number of aliphatic carboxylic acids is 1. The standard InChI is InChI=1S/C25H49N3O4/c1-4-27-17-25(32,15-24(30)31)13-7-5-6-8-19-9-10-20(14-21(19)16-26-3)22-11-12-23(29)18(2)28-22/h18-23,26-29,32H,4-17H2,1-3H3,(H,30,31)/t18-,19-,20+,21-,22-,23+,25+/m0/s1. The van der Waals surface area contributed by atoms with Crippen molar-refractivity contribution < 1.29 is 20.1 Å². The Balaban J connectivity index is 1.75. The van der Waals surface area contributed by atoms with Gasteiger partial charge in [-0.2, -0.15) is 0 Å². The lowest BCUT2D eigenvalue weighted by Gasteiger charge is -2.43. The van der Waals surface area contributed by atoms with Crippen LogP contribution in [0.3, 0.4) is 0 Å². The zero-order valence-electron chi connectivity index (χ0n) is 20.6. The molecule has 1 saturated carbocycles. The number of hydrogen-bond acceptors (Lipinski definition) is 6. The van der Waals surface area contributed by atoms with Gasteiger partial charge in [0.25, 0.3) is 0 Å². The molecule has 7 heteroatoms. The second kappa shape index (κ2) is 13.9. The lowest BCUT2D eigenvalue weighted by atomic mass is 9.68. The first-order chi connectivity index (χ1) is 15.3. The Bertz CT molecular complexity index is 549. The van der Waals surface area contributed by atoms with Crippen molar-refractivity contribution in [1.29, 1.82) is 0 Å². The van der Waals surface area contributed by atoms with Gasteiger partial charge in [-0.25, -0.2) is 0 Å². The lowest BCUT2D eigenvalue weighted by molar-refractivity contribution is -0.142. The first-order valence-electron chi connectivity index (χ1n) is 13.0. The van der Waals surface area contributed by atoms with Gasteiger partial charge in [0.1, 0.15) is 0 Å². The highest BCUT2D eigenvalue weighted by Crippen LogP contribution is 2.40. The molecule has 0 amide bonds. The fraction of sp³-hybridized carbons (Fsp3) is 0.960. The molecule has 1 heterocycles. The molecule has 1 saturated heterocycles. The predicted molar refractivity (Wildman–Crippen MR) is 129 cm³/mol. The highest BCUT2D eigenvalue weighted by Gasteiger charge is 2.36. The van der Waals surface area contributed by atoms with Crippen LogP contribution in [0.1, 0.15) is 84.5 Å². The fourth-order valence-electron chi connectivity index (χ4n) is 6.04. The molecule has 2 rings (SSSR count). The van der Waals surface area contributed by atoms with Crippen molar-refractivity contribution in [1.82, 2.24) is 16.0 Å². The Hall–Kier alpha value is -0.730. The van der Waals surface area contributed by atoms with Crippen LogP contribution in [-0.2, 0) is 4.79 Å². The third-order valence-electron chi connectivity index (χ3n) is 7.94. The molecule has 1 aliphatic carbocycles. The van der Waals surface area contributed by atoms with E-state index in [1.807, 2.05) is 14.0 Å². The number of piperidine rings is 1. The number of carboxylic acid groups (broad SMARTS) is 1. The average molecular weight is 456 g/mol. The summed E-state index contributed by atoms with van der Waals surface area (Å²) >= 11 is 0. The molecule has 0 aromatic rings. The van der Waals surface area contributed by atoms with Crippen molar-refractivity contribution in [3.05, 3.63) is 0 Å². The summed E-state index contributed by atoms with van der Waals surface area (Å²) in [5, 5.41) is 40.0. The molecule has 0 bridgehead atoms. The maximum Gasteiger partial charge on any atom is 0.306 e. The normalized spacial score (nSPS) is 33.0.